The van der Waals surface area contributed by atoms with Gasteiger partial charge in [0.2, 0.25) is 15.8 Å². The number of sulfonamides is 1. The lowest BCUT2D eigenvalue weighted by molar-refractivity contribution is 0.0560. The third-order valence-corrected chi connectivity index (χ3v) is 6.37. The van der Waals surface area contributed by atoms with E-state index in [1.54, 1.807) is 36.4 Å². The first-order chi connectivity index (χ1) is 12.9. The van der Waals surface area contributed by atoms with Crippen LogP contribution in [-0.2, 0) is 21.3 Å². The smallest absolute Gasteiger partial charge is 0.373 e. The van der Waals surface area contributed by atoms with E-state index < -0.39 is 16.0 Å². The van der Waals surface area contributed by atoms with Gasteiger partial charge in [-0.05, 0) is 36.4 Å². The second-order valence-electron chi connectivity index (χ2n) is 6.11. The van der Waals surface area contributed by atoms with Crippen molar-refractivity contribution in [3.8, 4) is 5.75 Å². The first-order valence-corrected chi connectivity index (χ1v) is 9.91. The molecular formula is C18H22N2O6S. The fraction of sp³-hybridized carbons (Fsp3) is 0.389. The molecule has 9 heteroatoms. The van der Waals surface area contributed by atoms with Crippen molar-refractivity contribution in [2.24, 2.45) is 0 Å². The van der Waals surface area contributed by atoms with Gasteiger partial charge < -0.3 is 13.9 Å². The highest BCUT2D eigenvalue weighted by atomic mass is 32.2. The number of hydrogen-bond acceptors (Lipinski definition) is 7. The number of furan rings is 1. The third-order valence-electron chi connectivity index (χ3n) is 4.46. The highest BCUT2D eigenvalue weighted by Gasteiger charge is 2.28. The minimum absolute atomic E-state index is 0.160. The van der Waals surface area contributed by atoms with Gasteiger partial charge in [0.1, 0.15) is 11.5 Å². The Morgan fingerprint density at radius 3 is 2.30 bits per heavy atom. The summed E-state index contributed by atoms with van der Waals surface area (Å²) in [7, 11) is -0.691. The van der Waals surface area contributed by atoms with E-state index in [0.29, 0.717) is 44.2 Å². The van der Waals surface area contributed by atoms with E-state index in [-0.39, 0.29) is 10.7 Å². The van der Waals surface area contributed by atoms with Crippen molar-refractivity contribution in [1.29, 1.82) is 0 Å². The minimum atomic E-state index is -3.53. The van der Waals surface area contributed by atoms with E-state index >= 15 is 0 Å². The molecule has 1 aromatic heterocycles. The van der Waals surface area contributed by atoms with Crippen LogP contribution < -0.4 is 4.74 Å². The molecule has 0 amide bonds. The molecule has 1 aliphatic rings. The quantitative estimate of drug-likeness (QED) is 0.687. The van der Waals surface area contributed by atoms with Crippen LogP contribution in [0.2, 0.25) is 0 Å². The van der Waals surface area contributed by atoms with E-state index in [1.807, 2.05) is 0 Å². The maximum absolute atomic E-state index is 12.8. The van der Waals surface area contributed by atoms with Crippen molar-refractivity contribution in [3.05, 3.63) is 47.9 Å². The maximum Gasteiger partial charge on any atom is 0.373 e. The number of methoxy groups -OCH3 is 2. The molecule has 146 valence electrons. The fourth-order valence-corrected chi connectivity index (χ4v) is 4.34. The van der Waals surface area contributed by atoms with Gasteiger partial charge in [-0.15, -0.1) is 0 Å². The molecule has 0 aliphatic carbocycles. The van der Waals surface area contributed by atoms with Crippen molar-refractivity contribution in [2.75, 3.05) is 40.4 Å². The Labute approximate surface area is 158 Å². The van der Waals surface area contributed by atoms with Crippen LogP contribution in [-0.4, -0.2) is 64.0 Å². The first-order valence-electron chi connectivity index (χ1n) is 8.47. The van der Waals surface area contributed by atoms with Gasteiger partial charge in [-0.2, -0.15) is 4.31 Å². The highest BCUT2D eigenvalue weighted by Crippen LogP contribution is 2.21. The summed E-state index contributed by atoms with van der Waals surface area (Å²) in [5.41, 5.74) is 0. The second kappa shape index (κ2) is 8.12. The van der Waals surface area contributed by atoms with Gasteiger partial charge in [-0.1, -0.05) is 0 Å². The Bertz CT molecular complexity index is 883. The highest BCUT2D eigenvalue weighted by molar-refractivity contribution is 7.89. The molecule has 0 atom stereocenters. The van der Waals surface area contributed by atoms with Gasteiger partial charge in [0.05, 0.1) is 25.7 Å². The summed E-state index contributed by atoms with van der Waals surface area (Å²) in [6, 6.07) is 9.69. The lowest BCUT2D eigenvalue weighted by Gasteiger charge is -2.33. The molecule has 1 aromatic carbocycles. The van der Waals surface area contributed by atoms with Crippen LogP contribution in [0.15, 0.2) is 45.7 Å². The van der Waals surface area contributed by atoms with E-state index in [1.165, 1.54) is 18.5 Å². The number of piperazine rings is 1. The predicted molar refractivity (Wildman–Crippen MR) is 97.1 cm³/mol. The van der Waals surface area contributed by atoms with Crippen molar-refractivity contribution < 1.29 is 27.1 Å². The molecule has 2 heterocycles. The molecule has 27 heavy (non-hydrogen) atoms. The number of hydrogen-bond donors (Lipinski definition) is 0. The zero-order chi connectivity index (χ0) is 19.4. The number of nitrogens with zero attached hydrogens (tertiary/aromatic N) is 2. The number of ether oxygens (including phenoxy) is 2. The zero-order valence-corrected chi connectivity index (χ0v) is 16.1. The molecule has 1 saturated heterocycles. The summed E-state index contributed by atoms with van der Waals surface area (Å²) >= 11 is 0. The Morgan fingerprint density at radius 1 is 1.04 bits per heavy atom. The zero-order valence-electron chi connectivity index (χ0n) is 15.3. The molecular weight excluding hydrogens is 372 g/mol. The largest absolute Gasteiger partial charge is 0.497 e. The molecule has 0 unspecified atom stereocenters. The van der Waals surface area contributed by atoms with Crippen molar-refractivity contribution in [3.63, 3.8) is 0 Å². The SMILES string of the molecule is COC(=O)c1ccc(CN2CCN(S(=O)(=O)c3ccc(OC)cc3)CC2)o1. The van der Waals surface area contributed by atoms with E-state index in [0.717, 1.165) is 0 Å². The second-order valence-corrected chi connectivity index (χ2v) is 8.05. The van der Waals surface area contributed by atoms with Crippen molar-refractivity contribution in [2.45, 2.75) is 11.4 Å². The van der Waals surface area contributed by atoms with Gasteiger partial charge in [0.15, 0.2) is 0 Å². The van der Waals surface area contributed by atoms with Crippen LogP contribution >= 0.6 is 0 Å². The van der Waals surface area contributed by atoms with Crippen LogP contribution in [0.4, 0.5) is 0 Å². The Hall–Kier alpha value is -2.36. The van der Waals surface area contributed by atoms with Gasteiger partial charge in [-0.25, -0.2) is 13.2 Å². The number of carbonyl (C=O) groups excluding carboxylic acids is 1. The van der Waals surface area contributed by atoms with Crippen LogP contribution in [0, 0.1) is 0 Å². The summed E-state index contributed by atoms with van der Waals surface area (Å²) in [5, 5.41) is 0. The van der Waals surface area contributed by atoms with E-state index in [4.69, 9.17) is 9.15 Å². The van der Waals surface area contributed by atoms with Crippen LogP contribution in [0.25, 0.3) is 0 Å². The normalized spacial score (nSPS) is 16.2. The van der Waals surface area contributed by atoms with Crippen LogP contribution in [0.5, 0.6) is 5.75 Å². The summed E-state index contributed by atoms with van der Waals surface area (Å²) in [5.74, 6) is 0.898. The summed E-state index contributed by atoms with van der Waals surface area (Å²) in [6.45, 7) is 2.43. The number of carbonyl (C=O) groups is 1. The van der Waals surface area contributed by atoms with Gasteiger partial charge in [-0.3, -0.25) is 4.90 Å². The van der Waals surface area contributed by atoms with Crippen LogP contribution in [0.3, 0.4) is 0 Å². The third kappa shape index (κ3) is 4.32. The molecule has 8 nitrogen and oxygen atoms in total. The van der Waals surface area contributed by atoms with E-state index in [9.17, 15) is 13.2 Å². The first kappa shape index (κ1) is 19.4. The standard InChI is InChI=1S/C18H22N2O6S/c1-24-14-3-6-16(7-4-14)27(22,23)20-11-9-19(10-12-20)13-15-5-8-17(26-15)18(21)25-2/h3-8H,9-13H2,1-2H3. The topological polar surface area (TPSA) is 89.3 Å². The lowest BCUT2D eigenvalue weighted by Crippen LogP contribution is -2.48. The molecule has 3 rings (SSSR count). The molecule has 0 saturated carbocycles. The summed E-state index contributed by atoms with van der Waals surface area (Å²) in [6.07, 6.45) is 0. The Balaban J connectivity index is 1.59. The molecule has 1 aliphatic heterocycles. The molecule has 1 fully saturated rings. The van der Waals surface area contributed by atoms with E-state index in [2.05, 4.69) is 9.64 Å². The lowest BCUT2D eigenvalue weighted by atomic mass is 10.3. The average molecular weight is 394 g/mol. The predicted octanol–water partition coefficient (Wildman–Crippen LogP) is 1.58. The minimum Gasteiger partial charge on any atom is -0.497 e. The number of esters is 1. The van der Waals surface area contributed by atoms with Gasteiger partial charge in [0.25, 0.3) is 0 Å². The fourth-order valence-electron chi connectivity index (χ4n) is 2.92. The number of rotatable bonds is 6. The Morgan fingerprint density at radius 2 is 1.70 bits per heavy atom. The van der Waals surface area contributed by atoms with Gasteiger partial charge >= 0.3 is 5.97 Å². The molecule has 0 N–H and O–H groups in total. The maximum atomic E-state index is 12.8. The van der Waals surface area contributed by atoms with Crippen LogP contribution in [0.1, 0.15) is 16.3 Å². The average Bonchev–Trinajstić information content (AvgIpc) is 3.16. The van der Waals surface area contributed by atoms with Crippen molar-refractivity contribution in [1.82, 2.24) is 9.21 Å². The molecule has 0 radical (unpaired) electrons. The Kier molecular flexibility index (Phi) is 5.83. The van der Waals surface area contributed by atoms with Gasteiger partial charge in [0, 0.05) is 26.2 Å². The molecule has 2 aromatic rings. The summed E-state index contributed by atoms with van der Waals surface area (Å²) < 4.78 is 42.2. The van der Waals surface area contributed by atoms with Crippen molar-refractivity contribution >= 4 is 16.0 Å². The summed E-state index contributed by atoms with van der Waals surface area (Å²) in [4.78, 5) is 13.8. The number of benzene rings is 1. The molecule has 0 spiro atoms. The molecule has 0 bridgehead atoms. The monoisotopic (exact) mass is 394 g/mol.